The largest absolute Gasteiger partial charge is 0.398 e. The van der Waals surface area contributed by atoms with Crippen molar-refractivity contribution in [3.8, 4) is 32.5 Å². The molecule has 0 spiro atoms. The number of nitrogens with two attached hydrogens (primary N) is 1. The van der Waals surface area contributed by atoms with E-state index in [4.69, 9.17) is 10.7 Å². The Balaban J connectivity index is 1.79. The molecule has 27 heavy (non-hydrogen) atoms. The van der Waals surface area contributed by atoms with Crippen LogP contribution in [0, 0.1) is 6.92 Å². The van der Waals surface area contributed by atoms with Crippen molar-refractivity contribution in [1.29, 1.82) is 0 Å². The molecular formula is C19H15N7S. The molecule has 0 atom stereocenters. The number of nitrogens with one attached hydrogen (secondary N) is 1. The van der Waals surface area contributed by atoms with Gasteiger partial charge < -0.3 is 5.73 Å². The lowest BCUT2D eigenvalue weighted by Crippen LogP contribution is -1.91. The van der Waals surface area contributed by atoms with Crippen molar-refractivity contribution in [2.45, 2.75) is 6.92 Å². The lowest BCUT2D eigenvalue weighted by atomic mass is 10.1. The second-order valence-corrected chi connectivity index (χ2v) is 7.11. The Hall–Kier alpha value is -3.52. The monoisotopic (exact) mass is 373 g/mol. The first-order valence-corrected chi connectivity index (χ1v) is 9.20. The van der Waals surface area contributed by atoms with E-state index in [9.17, 15) is 0 Å². The topological polar surface area (TPSA) is 97.8 Å². The number of hydrogen-bond acceptors (Lipinski definition) is 6. The molecule has 7 nitrogen and oxygen atoms in total. The highest BCUT2D eigenvalue weighted by Gasteiger charge is 2.22. The van der Waals surface area contributed by atoms with Crippen LogP contribution in [0.3, 0.4) is 0 Å². The predicted octanol–water partition coefficient (Wildman–Crippen LogP) is 3.80. The minimum atomic E-state index is 0.672. The number of fused-ring (bicyclic) bond motifs is 1. The van der Waals surface area contributed by atoms with Crippen molar-refractivity contribution in [2.75, 3.05) is 5.73 Å². The summed E-state index contributed by atoms with van der Waals surface area (Å²) in [4.78, 5) is 10.2. The maximum absolute atomic E-state index is 6.23. The van der Waals surface area contributed by atoms with Crippen LogP contribution in [0.4, 0.5) is 5.69 Å². The van der Waals surface area contributed by atoms with Crippen molar-refractivity contribution in [1.82, 2.24) is 29.8 Å². The van der Waals surface area contributed by atoms with Crippen molar-refractivity contribution in [3.05, 3.63) is 60.7 Å². The Bertz CT molecular complexity index is 1250. The fourth-order valence-electron chi connectivity index (χ4n) is 3.18. The number of aromatic amines is 1. The highest BCUT2D eigenvalue weighted by molar-refractivity contribution is 7.19. The molecule has 0 bridgehead atoms. The number of benzene rings is 1. The highest BCUT2D eigenvalue weighted by Crippen LogP contribution is 2.42. The quantitative estimate of drug-likeness (QED) is 0.469. The average molecular weight is 373 g/mol. The molecule has 0 aliphatic heterocycles. The first-order valence-electron chi connectivity index (χ1n) is 8.38. The molecule has 0 saturated heterocycles. The standard InChI is InChI=1S/C19H15N7S/c1-11-15(14-8-4-5-9-26(14)25-11)19-23-16(12-6-2-3-7-13(12)20)17(27-19)18-21-10-22-24-18/h2-10H,20H2,1H3,(H,21,22,24). The maximum Gasteiger partial charge on any atom is 0.167 e. The molecule has 0 saturated carbocycles. The smallest absolute Gasteiger partial charge is 0.167 e. The van der Waals surface area contributed by atoms with E-state index >= 15 is 0 Å². The highest BCUT2D eigenvalue weighted by atomic mass is 32.1. The zero-order valence-corrected chi connectivity index (χ0v) is 15.2. The van der Waals surface area contributed by atoms with Crippen molar-refractivity contribution in [2.24, 2.45) is 0 Å². The summed E-state index contributed by atoms with van der Waals surface area (Å²) in [5.74, 6) is 0.672. The van der Waals surface area contributed by atoms with Gasteiger partial charge in [0.2, 0.25) is 0 Å². The molecule has 5 aromatic rings. The second kappa shape index (κ2) is 6.03. The lowest BCUT2D eigenvalue weighted by molar-refractivity contribution is 0.934. The van der Waals surface area contributed by atoms with Gasteiger partial charge in [-0.25, -0.2) is 14.5 Å². The molecule has 0 fully saturated rings. The number of hydrogen-bond donors (Lipinski definition) is 2. The van der Waals surface area contributed by atoms with Gasteiger partial charge in [0.1, 0.15) is 11.3 Å². The van der Waals surface area contributed by atoms with Gasteiger partial charge in [0.25, 0.3) is 0 Å². The van der Waals surface area contributed by atoms with Gasteiger partial charge in [-0.3, -0.25) is 5.10 Å². The Labute approximate surface area is 158 Å². The fourth-order valence-corrected chi connectivity index (χ4v) is 4.31. The molecule has 3 N–H and O–H groups in total. The Morgan fingerprint density at radius 3 is 2.78 bits per heavy atom. The Morgan fingerprint density at radius 1 is 1.11 bits per heavy atom. The van der Waals surface area contributed by atoms with Gasteiger partial charge in [0.15, 0.2) is 5.82 Å². The van der Waals surface area contributed by atoms with Crippen LogP contribution in [0.2, 0.25) is 0 Å². The fraction of sp³-hybridized carbons (Fsp3) is 0.0526. The van der Waals surface area contributed by atoms with Crippen LogP contribution in [-0.4, -0.2) is 29.8 Å². The minimum Gasteiger partial charge on any atom is -0.398 e. The summed E-state index contributed by atoms with van der Waals surface area (Å²) in [5.41, 5.74) is 11.5. The molecule has 0 aliphatic rings. The Morgan fingerprint density at radius 2 is 1.96 bits per heavy atom. The molecule has 0 radical (unpaired) electrons. The Kier molecular flexibility index (Phi) is 3.51. The molecule has 0 amide bonds. The molecule has 5 rings (SSSR count). The van der Waals surface area contributed by atoms with E-state index in [1.54, 1.807) is 11.3 Å². The van der Waals surface area contributed by atoms with Gasteiger partial charge in [0.05, 0.1) is 27.3 Å². The molecule has 4 aromatic heterocycles. The van der Waals surface area contributed by atoms with Gasteiger partial charge in [-0.1, -0.05) is 24.3 Å². The summed E-state index contributed by atoms with van der Waals surface area (Å²) in [6.45, 7) is 1.99. The predicted molar refractivity (Wildman–Crippen MR) is 106 cm³/mol. The number of nitrogen functional groups attached to an aromatic ring is 1. The number of nitrogens with zero attached hydrogens (tertiary/aromatic N) is 5. The third-order valence-corrected chi connectivity index (χ3v) is 5.48. The average Bonchev–Trinajstić information content (AvgIpc) is 3.39. The van der Waals surface area contributed by atoms with Crippen LogP contribution < -0.4 is 5.73 Å². The van der Waals surface area contributed by atoms with Crippen LogP contribution in [0.5, 0.6) is 0 Å². The van der Waals surface area contributed by atoms with E-state index in [2.05, 4.69) is 20.3 Å². The molecule has 0 unspecified atom stereocenters. The third-order valence-electron chi connectivity index (χ3n) is 4.40. The number of rotatable bonds is 3. The molecule has 1 aromatic carbocycles. The zero-order valence-electron chi connectivity index (χ0n) is 14.4. The zero-order chi connectivity index (χ0) is 18.4. The van der Waals surface area contributed by atoms with Gasteiger partial charge in [-0.15, -0.1) is 11.3 Å². The van der Waals surface area contributed by atoms with Crippen LogP contribution in [-0.2, 0) is 0 Å². The second-order valence-electron chi connectivity index (χ2n) is 6.11. The van der Waals surface area contributed by atoms with E-state index in [1.165, 1.54) is 6.33 Å². The number of pyridine rings is 1. The summed E-state index contributed by atoms with van der Waals surface area (Å²) >= 11 is 1.55. The van der Waals surface area contributed by atoms with Crippen molar-refractivity contribution < 1.29 is 0 Å². The maximum atomic E-state index is 6.23. The van der Waals surface area contributed by atoms with E-state index < -0.39 is 0 Å². The van der Waals surface area contributed by atoms with Gasteiger partial charge in [0, 0.05) is 17.4 Å². The third kappa shape index (κ3) is 2.49. The van der Waals surface area contributed by atoms with E-state index in [0.717, 1.165) is 37.9 Å². The SMILES string of the molecule is Cc1nn2ccccc2c1-c1nc(-c2ccccc2N)c(-c2ncn[nH]2)s1. The van der Waals surface area contributed by atoms with Crippen LogP contribution in [0.15, 0.2) is 55.0 Å². The summed E-state index contributed by atoms with van der Waals surface area (Å²) in [6.07, 6.45) is 3.43. The molecule has 4 heterocycles. The molecular weight excluding hydrogens is 358 g/mol. The normalized spacial score (nSPS) is 11.3. The number of aryl methyl sites for hydroxylation is 1. The number of H-pyrrole nitrogens is 1. The number of anilines is 1. The number of para-hydroxylation sites is 1. The van der Waals surface area contributed by atoms with Crippen LogP contribution >= 0.6 is 11.3 Å². The van der Waals surface area contributed by atoms with Crippen LogP contribution in [0.25, 0.3) is 38.0 Å². The molecule has 8 heteroatoms. The van der Waals surface area contributed by atoms with Gasteiger partial charge >= 0.3 is 0 Å². The lowest BCUT2D eigenvalue weighted by Gasteiger charge is -2.03. The summed E-state index contributed by atoms with van der Waals surface area (Å²) in [6, 6.07) is 13.7. The number of thiazole rings is 1. The minimum absolute atomic E-state index is 0.672. The summed E-state index contributed by atoms with van der Waals surface area (Å²) < 4.78 is 1.87. The van der Waals surface area contributed by atoms with Gasteiger partial charge in [-0.05, 0) is 25.1 Å². The summed E-state index contributed by atoms with van der Waals surface area (Å²) in [7, 11) is 0. The van der Waals surface area contributed by atoms with Crippen molar-refractivity contribution >= 4 is 22.5 Å². The first-order chi connectivity index (χ1) is 13.2. The van der Waals surface area contributed by atoms with Gasteiger partial charge in [-0.2, -0.15) is 10.2 Å². The van der Waals surface area contributed by atoms with E-state index in [0.29, 0.717) is 11.5 Å². The molecule has 0 aliphatic carbocycles. The van der Waals surface area contributed by atoms with E-state index in [-0.39, 0.29) is 0 Å². The summed E-state index contributed by atoms with van der Waals surface area (Å²) in [5, 5.41) is 12.4. The first kappa shape index (κ1) is 15.7. The van der Waals surface area contributed by atoms with Crippen LogP contribution in [0.1, 0.15) is 5.69 Å². The molecule has 132 valence electrons. The number of aromatic nitrogens is 6. The van der Waals surface area contributed by atoms with Crippen molar-refractivity contribution in [3.63, 3.8) is 0 Å². The van der Waals surface area contributed by atoms with E-state index in [1.807, 2.05) is 60.1 Å².